The Bertz CT molecular complexity index is 564. The molecule has 0 bridgehead atoms. The van der Waals surface area contributed by atoms with Gasteiger partial charge < -0.3 is 4.90 Å². The van der Waals surface area contributed by atoms with Gasteiger partial charge in [-0.25, -0.2) is 5.84 Å². The maximum atomic E-state index is 11.9. The topological polar surface area (TPSA) is 124 Å². The number of amides is 2. The number of carbonyl (C=O) groups excluding carboxylic acids is 2. The first kappa shape index (κ1) is 13.9. The van der Waals surface area contributed by atoms with Gasteiger partial charge in [-0.1, -0.05) is 5.11 Å². The summed E-state index contributed by atoms with van der Waals surface area (Å²) in [6.07, 6.45) is 0.365. The number of anilines is 1. The van der Waals surface area contributed by atoms with Crippen molar-refractivity contribution >= 4 is 17.5 Å². The molecule has 0 aliphatic carbocycles. The van der Waals surface area contributed by atoms with Crippen molar-refractivity contribution in [3.05, 3.63) is 40.3 Å². The van der Waals surface area contributed by atoms with Crippen LogP contribution in [0, 0.1) is 5.92 Å². The number of carbonyl (C=O) groups is 2. The first-order chi connectivity index (χ1) is 9.65. The van der Waals surface area contributed by atoms with Crippen LogP contribution in [0.3, 0.4) is 0 Å². The lowest BCUT2D eigenvalue weighted by atomic mass is 10.1. The van der Waals surface area contributed by atoms with Crippen molar-refractivity contribution in [3.8, 4) is 0 Å². The molecule has 1 unspecified atom stereocenters. The summed E-state index contributed by atoms with van der Waals surface area (Å²) in [7, 11) is 0. The number of azide groups is 1. The zero-order chi connectivity index (χ0) is 14.5. The average Bonchev–Trinajstić information content (AvgIpc) is 2.85. The number of nitrogens with one attached hydrogen (secondary N) is 1. The van der Waals surface area contributed by atoms with E-state index >= 15 is 0 Å². The minimum absolute atomic E-state index is 0.0147. The molecular weight excluding hydrogens is 260 g/mol. The highest BCUT2D eigenvalue weighted by atomic mass is 16.2. The molecule has 104 valence electrons. The molecule has 1 aliphatic rings. The van der Waals surface area contributed by atoms with Crippen LogP contribution in [-0.4, -0.2) is 24.9 Å². The number of hydrogen-bond acceptors (Lipinski definition) is 4. The Morgan fingerprint density at radius 3 is 2.80 bits per heavy atom. The quantitative estimate of drug-likeness (QED) is 0.212. The van der Waals surface area contributed by atoms with Crippen molar-refractivity contribution in [2.45, 2.75) is 6.42 Å². The van der Waals surface area contributed by atoms with Crippen molar-refractivity contribution in [2.24, 2.45) is 16.9 Å². The van der Waals surface area contributed by atoms with Crippen LogP contribution in [0.1, 0.15) is 16.8 Å². The van der Waals surface area contributed by atoms with E-state index in [0.29, 0.717) is 30.8 Å². The van der Waals surface area contributed by atoms with Crippen LogP contribution in [-0.2, 0) is 4.79 Å². The maximum Gasteiger partial charge on any atom is 0.265 e. The molecule has 1 atom stereocenters. The zero-order valence-electron chi connectivity index (χ0n) is 10.7. The molecule has 0 radical (unpaired) electrons. The highest BCUT2D eigenvalue weighted by molar-refractivity contribution is 5.97. The van der Waals surface area contributed by atoms with Crippen LogP contribution >= 0.6 is 0 Å². The lowest BCUT2D eigenvalue weighted by Gasteiger charge is -2.16. The van der Waals surface area contributed by atoms with E-state index in [1.165, 1.54) is 0 Å². The minimum atomic E-state index is -0.384. The van der Waals surface area contributed by atoms with Gasteiger partial charge in [-0.3, -0.25) is 15.0 Å². The highest BCUT2D eigenvalue weighted by Crippen LogP contribution is 2.25. The predicted molar refractivity (Wildman–Crippen MR) is 72.6 cm³/mol. The summed E-state index contributed by atoms with van der Waals surface area (Å²) in [6, 6.07) is 6.59. The van der Waals surface area contributed by atoms with Crippen molar-refractivity contribution in [1.29, 1.82) is 0 Å². The molecule has 1 aromatic rings. The molecule has 20 heavy (non-hydrogen) atoms. The fraction of sp³-hybridized carbons (Fsp3) is 0.333. The van der Waals surface area contributed by atoms with Gasteiger partial charge in [0.1, 0.15) is 0 Å². The van der Waals surface area contributed by atoms with Gasteiger partial charge in [-0.2, -0.15) is 0 Å². The van der Waals surface area contributed by atoms with Crippen LogP contribution < -0.4 is 16.2 Å². The molecule has 2 amide bonds. The van der Waals surface area contributed by atoms with Crippen LogP contribution in [0.5, 0.6) is 0 Å². The Kier molecular flexibility index (Phi) is 4.19. The lowest BCUT2D eigenvalue weighted by molar-refractivity contribution is -0.117. The van der Waals surface area contributed by atoms with Crippen LogP contribution in [0.15, 0.2) is 29.4 Å². The largest absolute Gasteiger partial charge is 0.312 e. The molecule has 0 saturated carbocycles. The second-order valence-corrected chi connectivity index (χ2v) is 4.51. The molecule has 0 spiro atoms. The van der Waals surface area contributed by atoms with Crippen molar-refractivity contribution in [3.63, 3.8) is 0 Å². The van der Waals surface area contributed by atoms with Gasteiger partial charge in [0.15, 0.2) is 0 Å². The van der Waals surface area contributed by atoms with E-state index in [1.807, 2.05) is 5.43 Å². The third kappa shape index (κ3) is 2.87. The van der Waals surface area contributed by atoms with Crippen molar-refractivity contribution in [1.82, 2.24) is 5.43 Å². The van der Waals surface area contributed by atoms with Gasteiger partial charge in [-0.15, -0.1) is 0 Å². The summed E-state index contributed by atoms with van der Waals surface area (Å²) < 4.78 is 0. The number of benzene rings is 1. The summed E-state index contributed by atoms with van der Waals surface area (Å²) in [4.78, 5) is 27.6. The first-order valence-corrected chi connectivity index (χ1v) is 6.08. The monoisotopic (exact) mass is 274 g/mol. The van der Waals surface area contributed by atoms with E-state index in [4.69, 9.17) is 11.4 Å². The smallest absolute Gasteiger partial charge is 0.265 e. The van der Waals surface area contributed by atoms with E-state index in [1.54, 1.807) is 29.2 Å². The molecule has 0 aromatic heterocycles. The molecule has 1 aromatic carbocycles. The Hall–Kier alpha value is -2.57. The predicted octanol–water partition coefficient (Wildman–Crippen LogP) is 0.953. The fourth-order valence-corrected chi connectivity index (χ4v) is 2.18. The van der Waals surface area contributed by atoms with E-state index in [2.05, 4.69) is 10.0 Å². The van der Waals surface area contributed by atoms with Gasteiger partial charge in [0.2, 0.25) is 5.91 Å². The number of nitrogens with two attached hydrogens (primary N) is 1. The Morgan fingerprint density at radius 1 is 1.50 bits per heavy atom. The summed E-state index contributed by atoms with van der Waals surface area (Å²) in [5, 5.41) is 3.50. The third-order valence-corrected chi connectivity index (χ3v) is 3.18. The number of rotatable bonds is 4. The van der Waals surface area contributed by atoms with Gasteiger partial charge in [0, 0.05) is 35.7 Å². The third-order valence-electron chi connectivity index (χ3n) is 3.18. The maximum absolute atomic E-state index is 11.9. The van der Waals surface area contributed by atoms with Gasteiger partial charge in [0.05, 0.1) is 0 Å². The standard InChI is InChI=1S/C12H14N6O2/c13-16-12(20)9-1-3-10(4-2-9)18-7-8(5-11(18)19)6-15-17-14/h1-4,8H,5-7,13H2,(H,16,20). The Balaban J connectivity index is 2.10. The summed E-state index contributed by atoms with van der Waals surface area (Å²) in [5.74, 6) is 4.68. The number of hydrogen-bond donors (Lipinski definition) is 2. The van der Waals surface area contributed by atoms with E-state index < -0.39 is 0 Å². The summed E-state index contributed by atoms with van der Waals surface area (Å²) in [5.41, 5.74) is 11.5. The molecule has 8 nitrogen and oxygen atoms in total. The van der Waals surface area contributed by atoms with Crippen LogP contribution in [0.2, 0.25) is 0 Å². The number of nitrogens with zero attached hydrogens (tertiary/aromatic N) is 4. The van der Waals surface area contributed by atoms with Crippen molar-refractivity contribution < 1.29 is 9.59 Å². The minimum Gasteiger partial charge on any atom is -0.312 e. The molecule has 8 heteroatoms. The average molecular weight is 274 g/mol. The van der Waals surface area contributed by atoms with Gasteiger partial charge in [0.25, 0.3) is 5.91 Å². The van der Waals surface area contributed by atoms with E-state index in [-0.39, 0.29) is 17.7 Å². The van der Waals surface area contributed by atoms with E-state index in [0.717, 1.165) is 0 Å². The number of hydrazine groups is 1. The fourth-order valence-electron chi connectivity index (χ4n) is 2.18. The second-order valence-electron chi connectivity index (χ2n) is 4.51. The summed E-state index contributed by atoms with van der Waals surface area (Å²) in [6.45, 7) is 0.826. The normalized spacial score (nSPS) is 17.8. The van der Waals surface area contributed by atoms with Crippen LogP contribution in [0.4, 0.5) is 5.69 Å². The highest BCUT2D eigenvalue weighted by Gasteiger charge is 2.30. The zero-order valence-corrected chi connectivity index (χ0v) is 10.7. The van der Waals surface area contributed by atoms with Crippen LogP contribution in [0.25, 0.3) is 10.4 Å². The number of nitrogen functional groups attached to an aromatic ring is 1. The molecule has 2 rings (SSSR count). The van der Waals surface area contributed by atoms with Gasteiger partial charge in [-0.05, 0) is 35.7 Å². The Morgan fingerprint density at radius 2 is 2.20 bits per heavy atom. The molecule has 1 aliphatic heterocycles. The summed E-state index contributed by atoms with van der Waals surface area (Å²) >= 11 is 0. The molecule has 3 N–H and O–H groups in total. The SMILES string of the molecule is [N-]=[N+]=NCC1CC(=O)N(c2ccc(C(=O)NN)cc2)C1. The molecule has 1 fully saturated rings. The van der Waals surface area contributed by atoms with Gasteiger partial charge >= 0.3 is 0 Å². The molecule has 1 heterocycles. The van der Waals surface area contributed by atoms with Crippen molar-refractivity contribution in [2.75, 3.05) is 18.0 Å². The molecular formula is C12H14N6O2. The second kappa shape index (κ2) is 6.05. The Labute approximate surface area is 115 Å². The van der Waals surface area contributed by atoms with E-state index in [9.17, 15) is 9.59 Å². The lowest BCUT2D eigenvalue weighted by Crippen LogP contribution is -2.30. The first-order valence-electron chi connectivity index (χ1n) is 6.08. The molecule has 1 saturated heterocycles.